The minimum absolute atomic E-state index is 0.0978. The Morgan fingerprint density at radius 3 is 2.52 bits per heavy atom. The summed E-state index contributed by atoms with van der Waals surface area (Å²) >= 11 is 3.49. The Morgan fingerprint density at radius 1 is 1.29 bits per heavy atom. The van der Waals surface area contributed by atoms with Crippen LogP contribution in [0.1, 0.15) is 51.5 Å². The van der Waals surface area contributed by atoms with E-state index in [1.807, 2.05) is 43.9 Å². The van der Waals surface area contributed by atoms with Crippen molar-refractivity contribution in [1.29, 1.82) is 0 Å². The van der Waals surface area contributed by atoms with Crippen molar-refractivity contribution in [2.24, 2.45) is 5.41 Å². The third-order valence-electron chi connectivity index (χ3n) is 6.06. The number of carbonyl (C=O) groups is 1. The van der Waals surface area contributed by atoms with E-state index in [0.29, 0.717) is 12.2 Å². The molecule has 1 spiro atoms. The van der Waals surface area contributed by atoms with Crippen molar-refractivity contribution in [2.45, 2.75) is 51.6 Å². The van der Waals surface area contributed by atoms with E-state index in [4.69, 9.17) is 9.47 Å². The molecule has 0 unspecified atom stereocenters. The Bertz CT molecular complexity index is 831. The Kier molecular flexibility index (Phi) is 7.45. The van der Waals surface area contributed by atoms with E-state index >= 15 is 0 Å². The monoisotopic (exact) mass is 493 g/mol. The number of rotatable bonds is 6. The van der Waals surface area contributed by atoms with Gasteiger partial charge in [0.25, 0.3) is 0 Å². The van der Waals surface area contributed by atoms with Gasteiger partial charge < -0.3 is 19.3 Å². The number of likely N-dealkylation sites (tertiary alicyclic amines) is 2. The largest absolute Gasteiger partial charge is 0.490 e. The summed E-state index contributed by atoms with van der Waals surface area (Å²) in [6, 6.07) is 2.05. The van der Waals surface area contributed by atoms with E-state index in [1.165, 1.54) is 7.11 Å². The number of nitrogens with zero attached hydrogens (tertiary/aromatic N) is 3. The molecule has 1 aromatic heterocycles. The molecular weight excluding hydrogens is 462 g/mol. The number of allylic oxidation sites excluding steroid dienone is 1. The number of aromatic nitrogens is 1. The van der Waals surface area contributed by atoms with Gasteiger partial charge in [-0.15, -0.1) is 0 Å². The molecule has 1 amide bonds. The summed E-state index contributed by atoms with van der Waals surface area (Å²) in [5.74, 6) is 2.33. The Morgan fingerprint density at radius 2 is 1.97 bits per heavy atom. The summed E-state index contributed by atoms with van der Waals surface area (Å²) in [6.45, 7) is 9.99. The van der Waals surface area contributed by atoms with Crippen molar-refractivity contribution in [3.63, 3.8) is 0 Å². The zero-order chi connectivity index (χ0) is 22.6. The summed E-state index contributed by atoms with van der Waals surface area (Å²) < 4.78 is 11.6. The number of pyridine rings is 1. The number of piperidine rings is 1. The first-order valence-electron chi connectivity index (χ1n) is 10.7. The molecule has 2 saturated heterocycles. The van der Waals surface area contributed by atoms with Crippen LogP contribution < -0.4 is 0 Å². The minimum Gasteiger partial charge on any atom is -0.490 e. The Hall–Kier alpha value is -1.89. The van der Waals surface area contributed by atoms with Gasteiger partial charge in [0, 0.05) is 61.9 Å². The maximum atomic E-state index is 12.3. The highest BCUT2D eigenvalue weighted by molar-refractivity contribution is 9.10. The predicted octanol–water partition coefficient (Wildman–Crippen LogP) is 4.01. The number of halogens is 1. The number of carbonyl (C=O) groups excluding carboxylic acids is 2. The van der Waals surface area contributed by atoms with E-state index in [1.54, 1.807) is 6.20 Å². The second-order valence-electron chi connectivity index (χ2n) is 9.70. The summed E-state index contributed by atoms with van der Waals surface area (Å²) in [6.07, 6.45) is 5.86. The van der Waals surface area contributed by atoms with Crippen molar-refractivity contribution in [3.8, 4) is 0 Å². The average molecular weight is 494 g/mol. The van der Waals surface area contributed by atoms with Crippen LogP contribution in [0.25, 0.3) is 0 Å². The van der Waals surface area contributed by atoms with Gasteiger partial charge in [-0.3, -0.25) is 4.98 Å². The Balaban J connectivity index is 1.56. The van der Waals surface area contributed by atoms with Crippen LogP contribution in [-0.2, 0) is 14.3 Å². The lowest BCUT2D eigenvalue weighted by Gasteiger charge is -2.54. The molecule has 2 fully saturated rings. The normalized spacial score (nSPS) is 19.3. The molecule has 170 valence electrons. The fraction of sp³-hybridized carbons (Fsp3) is 0.652. The van der Waals surface area contributed by atoms with Gasteiger partial charge in [0.15, 0.2) is 11.7 Å². The van der Waals surface area contributed by atoms with E-state index in [0.717, 1.165) is 55.6 Å². The topological polar surface area (TPSA) is 72.0 Å². The lowest BCUT2D eigenvalue weighted by atomic mass is 9.71. The summed E-state index contributed by atoms with van der Waals surface area (Å²) in [4.78, 5) is 32.0. The van der Waals surface area contributed by atoms with Gasteiger partial charge in [-0.05, 0) is 66.6 Å². The highest BCUT2D eigenvalue weighted by Crippen LogP contribution is 2.42. The molecule has 0 aromatic carbocycles. The summed E-state index contributed by atoms with van der Waals surface area (Å²) in [5.41, 5.74) is 0.871. The molecule has 3 heterocycles. The Labute approximate surface area is 192 Å². The smallest absolute Gasteiger partial charge is 0.410 e. The van der Waals surface area contributed by atoms with Crippen LogP contribution >= 0.6 is 15.9 Å². The zero-order valence-corrected chi connectivity index (χ0v) is 20.4. The van der Waals surface area contributed by atoms with Crippen molar-refractivity contribution in [2.75, 3.05) is 39.8 Å². The minimum atomic E-state index is -0.465. The molecular formula is C23H32BrN3O4. The number of amides is 1. The van der Waals surface area contributed by atoms with Crippen molar-refractivity contribution in [3.05, 3.63) is 34.3 Å². The second kappa shape index (κ2) is 9.72. The first kappa shape index (κ1) is 23.8. The molecule has 0 N–H and O–H groups in total. The molecule has 0 radical (unpaired) electrons. The standard InChI is InChI=1S/C23H32BrN3O4/c1-22(2,3)31-21(29)27-7-5-23(6-8-27)15-26(16-23)13-18(10-20(14-28)30-4)17-9-19(24)12-25-11-17/h9,11-12,18H,5-8,10,13,15-16H2,1-4H3/t18-/m1/s1. The molecule has 0 bridgehead atoms. The number of hydrogen-bond acceptors (Lipinski definition) is 6. The predicted molar refractivity (Wildman–Crippen MR) is 121 cm³/mol. The van der Waals surface area contributed by atoms with Crippen LogP contribution in [0.5, 0.6) is 0 Å². The lowest BCUT2D eigenvalue weighted by Crippen LogP contribution is -2.61. The first-order valence-corrected chi connectivity index (χ1v) is 11.5. The van der Waals surface area contributed by atoms with Crippen LogP contribution in [0, 0.1) is 5.41 Å². The third-order valence-corrected chi connectivity index (χ3v) is 6.50. The first-order chi connectivity index (χ1) is 14.6. The van der Waals surface area contributed by atoms with Gasteiger partial charge in [0.1, 0.15) is 5.60 Å². The zero-order valence-electron chi connectivity index (χ0n) is 18.8. The summed E-state index contributed by atoms with van der Waals surface area (Å²) in [5, 5.41) is 0. The van der Waals surface area contributed by atoms with Crippen molar-refractivity contribution >= 4 is 28.0 Å². The van der Waals surface area contributed by atoms with E-state index in [2.05, 4.69) is 25.8 Å². The number of methoxy groups -OCH3 is 1. The fourth-order valence-corrected chi connectivity index (χ4v) is 4.86. The van der Waals surface area contributed by atoms with E-state index in [-0.39, 0.29) is 17.4 Å². The fourth-order valence-electron chi connectivity index (χ4n) is 4.48. The molecule has 2 aliphatic heterocycles. The van der Waals surface area contributed by atoms with Gasteiger partial charge in [-0.1, -0.05) is 0 Å². The van der Waals surface area contributed by atoms with Gasteiger partial charge >= 0.3 is 6.09 Å². The molecule has 1 aromatic rings. The molecule has 8 heteroatoms. The van der Waals surface area contributed by atoms with E-state index < -0.39 is 5.60 Å². The quantitative estimate of drug-likeness (QED) is 0.440. The number of hydrogen-bond donors (Lipinski definition) is 0. The SMILES string of the molecule is COC(=C=O)C[C@H](CN1CC2(CCN(C(=O)OC(C)(C)C)CC2)C1)c1cncc(Br)c1. The van der Waals surface area contributed by atoms with Gasteiger partial charge in [0.2, 0.25) is 0 Å². The molecule has 3 rings (SSSR count). The molecule has 7 nitrogen and oxygen atoms in total. The molecule has 0 saturated carbocycles. The molecule has 1 atom stereocenters. The van der Waals surface area contributed by atoms with Crippen molar-refractivity contribution in [1.82, 2.24) is 14.8 Å². The van der Waals surface area contributed by atoms with Crippen LogP contribution in [-0.4, -0.2) is 72.3 Å². The molecule has 2 aliphatic rings. The van der Waals surface area contributed by atoms with Crippen molar-refractivity contribution < 1.29 is 19.1 Å². The highest BCUT2D eigenvalue weighted by Gasteiger charge is 2.46. The molecule has 0 aliphatic carbocycles. The van der Waals surface area contributed by atoms with Crippen LogP contribution in [0.2, 0.25) is 0 Å². The highest BCUT2D eigenvalue weighted by atomic mass is 79.9. The number of ether oxygens (including phenoxy) is 2. The maximum Gasteiger partial charge on any atom is 0.410 e. The van der Waals surface area contributed by atoms with Crippen LogP contribution in [0.3, 0.4) is 0 Å². The lowest BCUT2D eigenvalue weighted by molar-refractivity contribution is -0.0536. The van der Waals surface area contributed by atoms with Crippen LogP contribution in [0.4, 0.5) is 4.79 Å². The third kappa shape index (κ3) is 6.31. The van der Waals surface area contributed by atoms with Gasteiger partial charge in [0.05, 0.1) is 7.11 Å². The molecule has 31 heavy (non-hydrogen) atoms. The van der Waals surface area contributed by atoms with Gasteiger partial charge in [-0.25, -0.2) is 9.59 Å². The van der Waals surface area contributed by atoms with Crippen LogP contribution in [0.15, 0.2) is 28.7 Å². The van der Waals surface area contributed by atoms with E-state index in [9.17, 15) is 9.59 Å². The summed E-state index contributed by atoms with van der Waals surface area (Å²) in [7, 11) is 1.51. The second-order valence-corrected chi connectivity index (χ2v) is 10.6. The average Bonchev–Trinajstić information content (AvgIpc) is 2.69. The van der Waals surface area contributed by atoms with Gasteiger partial charge in [-0.2, -0.15) is 0 Å². The maximum absolute atomic E-state index is 12.3.